The third-order valence-electron chi connectivity index (χ3n) is 6.29. The van der Waals surface area contributed by atoms with Gasteiger partial charge in [0, 0.05) is 15.6 Å². The van der Waals surface area contributed by atoms with Gasteiger partial charge < -0.3 is 10.6 Å². The molecule has 0 fully saturated rings. The Morgan fingerprint density at radius 3 is 2.37 bits per heavy atom. The molecule has 0 radical (unpaired) electrons. The molecule has 5 nitrogen and oxygen atoms in total. The van der Waals surface area contributed by atoms with Crippen molar-refractivity contribution in [3.8, 4) is 0 Å². The zero-order valence-corrected chi connectivity index (χ0v) is 23.1. The summed E-state index contributed by atoms with van der Waals surface area (Å²) in [4.78, 5) is 31.8. The molecule has 8 heteroatoms. The molecule has 1 heterocycles. The van der Waals surface area contributed by atoms with E-state index in [1.54, 1.807) is 12.1 Å². The molecule has 1 aliphatic heterocycles. The first-order valence-corrected chi connectivity index (χ1v) is 13.5. The Morgan fingerprint density at radius 1 is 0.921 bits per heavy atom. The quantitative estimate of drug-likeness (QED) is 0.248. The highest BCUT2D eigenvalue weighted by Gasteiger charge is 2.30. The minimum Gasteiger partial charge on any atom is -0.326 e. The molecular formula is C30H22BrCl2N3O2. The number of nitrogens with zero attached hydrogens (tertiary/aromatic N) is 1. The summed E-state index contributed by atoms with van der Waals surface area (Å²) in [6.45, 7) is 0. The first-order valence-electron chi connectivity index (χ1n) is 11.9. The monoisotopic (exact) mass is 605 g/mol. The minimum atomic E-state index is -1.13. The lowest BCUT2D eigenvalue weighted by atomic mass is 9.91. The second-order valence-corrected chi connectivity index (χ2v) is 10.6. The Hall–Kier alpha value is -3.45. The molecule has 5 rings (SSSR count). The van der Waals surface area contributed by atoms with E-state index in [0.717, 1.165) is 26.7 Å². The van der Waals surface area contributed by atoms with Crippen molar-refractivity contribution in [1.29, 1.82) is 0 Å². The van der Waals surface area contributed by atoms with Crippen LogP contribution in [-0.4, -0.2) is 23.7 Å². The molecule has 2 amide bonds. The third kappa shape index (κ3) is 5.83. The summed E-state index contributed by atoms with van der Waals surface area (Å²) in [5, 5.41) is 6.68. The van der Waals surface area contributed by atoms with Crippen molar-refractivity contribution in [2.45, 2.75) is 18.5 Å². The number of rotatable bonds is 6. The molecule has 4 aromatic carbocycles. The first kappa shape index (κ1) is 26.2. The highest BCUT2D eigenvalue weighted by atomic mass is 79.9. The van der Waals surface area contributed by atoms with Gasteiger partial charge in [0.25, 0.3) is 5.91 Å². The van der Waals surface area contributed by atoms with Gasteiger partial charge in [-0.15, -0.1) is 0 Å². The van der Waals surface area contributed by atoms with E-state index in [-0.39, 0.29) is 5.91 Å². The number of halogens is 3. The number of fused-ring (bicyclic) bond motifs is 1. The fourth-order valence-electron chi connectivity index (χ4n) is 4.38. The fraction of sp³-hybridized carbons (Fsp3) is 0.100. The van der Waals surface area contributed by atoms with E-state index in [0.29, 0.717) is 27.9 Å². The van der Waals surface area contributed by atoms with Crippen molar-refractivity contribution in [1.82, 2.24) is 5.32 Å². The van der Waals surface area contributed by atoms with Crippen LogP contribution in [0.2, 0.25) is 10.0 Å². The Morgan fingerprint density at radius 2 is 1.63 bits per heavy atom. The van der Waals surface area contributed by atoms with Crippen LogP contribution in [0.3, 0.4) is 0 Å². The molecule has 0 spiro atoms. The van der Waals surface area contributed by atoms with Crippen LogP contribution >= 0.6 is 39.1 Å². The zero-order chi connectivity index (χ0) is 26.6. The second kappa shape index (κ2) is 11.5. The highest BCUT2D eigenvalue weighted by Crippen LogP contribution is 2.28. The maximum Gasteiger partial charge on any atom is 0.269 e. The first-order chi connectivity index (χ1) is 18.4. The number of aliphatic imine (C=N–C) groups is 1. The lowest BCUT2D eigenvalue weighted by molar-refractivity contribution is -0.127. The summed E-state index contributed by atoms with van der Waals surface area (Å²) >= 11 is 15.8. The topological polar surface area (TPSA) is 70.6 Å². The number of benzene rings is 4. The number of nitrogens with one attached hydrogen (secondary N) is 2. The SMILES string of the molecule is O=C1Nc2ccccc2C(c2ccc(Br)cc2)=NC1NC(=O)C(Cc1ccc(Cl)c(Cl)c1)c1ccccc1. The van der Waals surface area contributed by atoms with Gasteiger partial charge in [-0.3, -0.25) is 9.59 Å². The standard InChI is InChI=1S/C30H22BrCl2N3O2/c31-21-13-11-20(12-14-21)27-22-8-4-5-9-26(22)34-30(38)28(35-27)36-29(37)23(19-6-2-1-3-7-19)16-18-10-15-24(32)25(33)17-18/h1-15,17,23,28H,16H2,(H,34,38)(H,36,37). The number of benzodiazepines with no additional fused rings is 1. The predicted molar refractivity (Wildman–Crippen MR) is 156 cm³/mol. The fourth-order valence-corrected chi connectivity index (χ4v) is 4.96. The van der Waals surface area contributed by atoms with Gasteiger partial charge in [0.2, 0.25) is 12.1 Å². The molecule has 0 aromatic heterocycles. The van der Waals surface area contributed by atoms with E-state index in [9.17, 15) is 9.59 Å². The van der Waals surface area contributed by atoms with Crippen molar-refractivity contribution in [2.24, 2.45) is 4.99 Å². The summed E-state index contributed by atoms with van der Waals surface area (Å²) in [6, 6.07) is 29.9. The van der Waals surface area contributed by atoms with E-state index < -0.39 is 18.0 Å². The van der Waals surface area contributed by atoms with Crippen LogP contribution in [0.15, 0.2) is 107 Å². The van der Waals surface area contributed by atoms with Gasteiger partial charge in [0.1, 0.15) is 0 Å². The third-order valence-corrected chi connectivity index (χ3v) is 7.55. The molecule has 2 unspecified atom stereocenters. The number of para-hydroxylation sites is 1. The van der Waals surface area contributed by atoms with E-state index in [2.05, 4.69) is 26.6 Å². The summed E-state index contributed by atoms with van der Waals surface area (Å²) in [5.41, 5.74) is 4.50. The van der Waals surface area contributed by atoms with Gasteiger partial charge in [-0.2, -0.15) is 0 Å². The van der Waals surface area contributed by atoms with Gasteiger partial charge >= 0.3 is 0 Å². The van der Waals surface area contributed by atoms with E-state index >= 15 is 0 Å². The Bertz CT molecular complexity index is 1520. The van der Waals surface area contributed by atoms with E-state index in [4.69, 9.17) is 28.2 Å². The average molecular weight is 607 g/mol. The van der Waals surface area contributed by atoms with Crippen LogP contribution in [0.25, 0.3) is 0 Å². The van der Waals surface area contributed by atoms with Crippen molar-refractivity contribution < 1.29 is 9.59 Å². The highest BCUT2D eigenvalue weighted by molar-refractivity contribution is 9.10. The van der Waals surface area contributed by atoms with Gasteiger partial charge in [0.15, 0.2) is 0 Å². The van der Waals surface area contributed by atoms with Crippen LogP contribution in [0, 0.1) is 0 Å². The molecular weight excluding hydrogens is 585 g/mol. The summed E-state index contributed by atoms with van der Waals surface area (Å²) < 4.78 is 0.927. The van der Waals surface area contributed by atoms with Gasteiger partial charge in [-0.25, -0.2) is 4.99 Å². The summed E-state index contributed by atoms with van der Waals surface area (Å²) in [6.07, 6.45) is -0.765. The van der Waals surface area contributed by atoms with E-state index in [1.807, 2.05) is 84.9 Å². The number of anilines is 1. The normalized spacial score (nSPS) is 15.5. The van der Waals surface area contributed by atoms with Crippen molar-refractivity contribution in [3.05, 3.63) is 134 Å². The van der Waals surface area contributed by atoms with Crippen LogP contribution in [-0.2, 0) is 16.0 Å². The van der Waals surface area contributed by atoms with Crippen LogP contribution in [0.1, 0.15) is 28.2 Å². The van der Waals surface area contributed by atoms with Gasteiger partial charge in [0.05, 0.1) is 27.4 Å². The zero-order valence-electron chi connectivity index (χ0n) is 20.0. The van der Waals surface area contributed by atoms with Gasteiger partial charge in [-0.05, 0) is 47.9 Å². The van der Waals surface area contributed by atoms with Crippen LogP contribution in [0.5, 0.6) is 0 Å². The van der Waals surface area contributed by atoms with Crippen molar-refractivity contribution >= 4 is 62.3 Å². The maximum atomic E-state index is 13.8. The van der Waals surface area contributed by atoms with Crippen molar-refractivity contribution in [3.63, 3.8) is 0 Å². The van der Waals surface area contributed by atoms with Crippen LogP contribution < -0.4 is 10.6 Å². The average Bonchev–Trinajstić information content (AvgIpc) is 3.06. The number of amides is 2. The maximum absolute atomic E-state index is 13.8. The molecule has 0 aliphatic carbocycles. The number of hydrogen-bond donors (Lipinski definition) is 2. The molecule has 2 N–H and O–H groups in total. The summed E-state index contributed by atoms with van der Waals surface area (Å²) in [5.74, 6) is -1.33. The molecule has 4 aromatic rings. The number of carbonyl (C=O) groups excluding carboxylic acids is 2. The lowest BCUT2D eigenvalue weighted by Gasteiger charge is -2.20. The Balaban J connectivity index is 1.50. The van der Waals surface area contributed by atoms with Crippen LogP contribution in [0.4, 0.5) is 5.69 Å². The smallest absolute Gasteiger partial charge is 0.269 e. The molecule has 38 heavy (non-hydrogen) atoms. The molecule has 0 saturated heterocycles. The number of hydrogen-bond acceptors (Lipinski definition) is 3. The molecule has 1 aliphatic rings. The Kier molecular flexibility index (Phi) is 7.93. The largest absolute Gasteiger partial charge is 0.326 e. The van der Waals surface area contributed by atoms with E-state index in [1.165, 1.54) is 0 Å². The molecule has 0 saturated carbocycles. The van der Waals surface area contributed by atoms with Crippen molar-refractivity contribution in [2.75, 3.05) is 5.32 Å². The Labute approximate surface area is 239 Å². The molecule has 190 valence electrons. The molecule has 0 bridgehead atoms. The van der Waals surface area contributed by atoms with Gasteiger partial charge in [-0.1, -0.05) is 106 Å². The summed E-state index contributed by atoms with van der Waals surface area (Å²) in [7, 11) is 0. The number of carbonyl (C=O) groups is 2. The minimum absolute atomic E-state index is 0.327. The second-order valence-electron chi connectivity index (χ2n) is 8.85. The predicted octanol–water partition coefficient (Wildman–Crippen LogP) is 7.01. The lowest BCUT2D eigenvalue weighted by Crippen LogP contribution is -2.44. The molecule has 2 atom stereocenters.